The molecule has 2 rings (SSSR count). The standard InChI is InChI=1S/C14H21NO2SSi/c1-17-14(16)12-5-4-11(18)10-13(12)15-6-8-19(2,3)9-7-15/h4-5,10,18H,6-9H2,1-3H3. The molecule has 0 unspecified atom stereocenters. The molecule has 5 heteroatoms. The highest BCUT2D eigenvalue weighted by Gasteiger charge is 2.29. The van der Waals surface area contributed by atoms with E-state index in [0.29, 0.717) is 5.56 Å². The summed E-state index contributed by atoms with van der Waals surface area (Å²) in [5, 5.41) is 0. The van der Waals surface area contributed by atoms with E-state index in [0.717, 1.165) is 23.7 Å². The first-order valence-electron chi connectivity index (χ1n) is 6.59. The second kappa shape index (κ2) is 5.59. The lowest BCUT2D eigenvalue weighted by Gasteiger charge is -2.37. The fraction of sp³-hybridized carbons (Fsp3) is 0.500. The summed E-state index contributed by atoms with van der Waals surface area (Å²) in [5.74, 6) is -0.273. The normalized spacial score (nSPS) is 18.2. The molecule has 0 bridgehead atoms. The van der Waals surface area contributed by atoms with E-state index in [1.807, 2.05) is 12.1 Å². The molecular weight excluding hydrogens is 274 g/mol. The van der Waals surface area contributed by atoms with Crippen LogP contribution in [0.5, 0.6) is 0 Å². The van der Waals surface area contributed by atoms with E-state index in [-0.39, 0.29) is 5.97 Å². The molecule has 1 saturated heterocycles. The highest BCUT2D eigenvalue weighted by atomic mass is 32.1. The van der Waals surface area contributed by atoms with Gasteiger partial charge in [-0.25, -0.2) is 4.79 Å². The first-order valence-corrected chi connectivity index (χ1v) is 10.5. The van der Waals surface area contributed by atoms with Crippen LogP contribution in [0.4, 0.5) is 5.69 Å². The number of nitrogens with zero attached hydrogens (tertiary/aromatic N) is 1. The molecule has 19 heavy (non-hydrogen) atoms. The van der Waals surface area contributed by atoms with Crippen LogP contribution in [0.1, 0.15) is 10.4 Å². The average Bonchev–Trinajstić information content (AvgIpc) is 2.38. The Morgan fingerprint density at radius 1 is 1.32 bits per heavy atom. The molecule has 0 spiro atoms. The number of hydrogen-bond donors (Lipinski definition) is 1. The van der Waals surface area contributed by atoms with Gasteiger partial charge in [0.25, 0.3) is 0 Å². The van der Waals surface area contributed by atoms with Crippen molar-refractivity contribution >= 4 is 32.4 Å². The number of benzene rings is 1. The van der Waals surface area contributed by atoms with Gasteiger partial charge in [0.05, 0.1) is 26.4 Å². The zero-order valence-corrected chi connectivity index (χ0v) is 13.7. The summed E-state index contributed by atoms with van der Waals surface area (Å²) < 4.78 is 4.87. The van der Waals surface area contributed by atoms with Crippen molar-refractivity contribution in [3.05, 3.63) is 23.8 Å². The molecule has 104 valence electrons. The van der Waals surface area contributed by atoms with Crippen molar-refractivity contribution < 1.29 is 9.53 Å². The quantitative estimate of drug-likeness (QED) is 0.516. The largest absolute Gasteiger partial charge is 0.465 e. The Morgan fingerprint density at radius 3 is 2.53 bits per heavy atom. The maximum atomic E-state index is 11.9. The van der Waals surface area contributed by atoms with Gasteiger partial charge in [0.15, 0.2) is 0 Å². The van der Waals surface area contributed by atoms with Gasteiger partial charge in [0, 0.05) is 18.0 Å². The second-order valence-corrected chi connectivity index (χ2v) is 11.7. The maximum Gasteiger partial charge on any atom is 0.339 e. The summed E-state index contributed by atoms with van der Waals surface area (Å²) in [6, 6.07) is 8.15. The summed E-state index contributed by atoms with van der Waals surface area (Å²) in [6.07, 6.45) is 0. The first-order chi connectivity index (χ1) is 8.93. The molecule has 1 heterocycles. The van der Waals surface area contributed by atoms with Gasteiger partial charge < -0.3 is 9.64 Å². The van der Waals surface area contributed by atoms with E-state index < -0.39 is 8.07 Å². The second-order valence-electron chi connectivity index (χ2n) is 5.84. The van der Waals surface area contributed by atoms with Gasteiger partial charge in [0.2, 0.25) is 0 Å². The van der Waals surface area contributed by atoms with E-state index in [1.54, 1.807) is 6.07 Å². The topological polar surface area (TPSA) is 29.5 Å². The van der Waals surface area contributed by atoms with Crippen LogP contribution in [0, 0.1) is 0 Å². The molecule has 0 N–H and O–H groups in total. The number of rotatable bonds is 2. The summed E-state index contributed by atoms with van der Waals surface area (Å²) in [6.45, 7) is 6.92. The van der Waals surface area contributed by atoms with Gasteiger partial charge in [-0.3, -0.25) is 0 Å². The molecule has 0 radical (unpaired) electrons. The Labute approximate surface area is 121 Å². The van der Waals surface area contributed by atoms with Gasteiger partial charge in [-0.05, 0) is 30.3 Å². The fourth-order valence-electron chi connectivity index (χ4n) is 2.42. The fourth-order valence-corrected chi connectivity index (χ4v) is 4.61. The highest BCUT2D eigenvalue weighted by molar-refractivity contribution is 7.80. The third-order valence-electron chi connectivity index (χ3n) is 3.84. The molecule has 1 aromatic rings. The molecule has 0 aliphatic carbocycles. The monoisotopic (exact) mass is 295 g/mol. The Morgan fingerprint density at radius 2 is 1.95 bits per heavy atom. The molecule has 0 aromatic heterocycles. The average molecular weight is 295 g/mol. The molecule has 3 nitrogen and oxygen atoms in total. The summed E-state index contributed by atoms with van der Waals surface area (Å²) in [7, 11) is 0.415. The lowest BCUT2D eigenvalue weighted by atomic mass is 10.1. The maximum absolute atomic E-state index is 11.9. The summed E-state index contributed by atoms with van der Waals surface area (Å²) in [4.78, 5) is 15.0. The SMILES string of the molecule is COC(=O)c1ccc(S)cc1N1CC[Si](C)(C)CC1. The minimum atomic E-state index is -1.01. The number of hydrogen-bond acceptors (Lipinski definition) is 4. The van der Waals surface area contributed by atoms with E-state index in [1.165, 1.54) is 19.2 Å². The van der Waals surface area contributed by atoms with Gasteiger partial charge in [-0.2, -0.15) is 0 Å². The number of ether oxygens (including phenoxy) is 1. The molecular formula is C14H21NO2SSi. The van der Waals surface area contributed by atoms with Gasteiger partial charge in [0.1, 0.15) is 0 Å². The molecule has 0 atom stereocenters. The summed E-state index contributed by atoms with van der Waals surface area (Å²) in [5.41, 5.74) is 1.60. The Kier molecular flexibility index (Phi) is 4.25. The summed E-state index contributed by atoms with van der Waals surface area (Å²) >= 11 is 4.38. The van der Waals surface area contributed by atoms with E-state index in [4.69, 9.17) is 4.74 Å². The zero-order chi connectivity index (χ0) is 14.0. The molecule has 0 amide bonds. The number of carbonyl (C=O) groups is 1. The molecule has 1 aliphatic heterocycles. The van der Waals surface area contributed by atoms with Crippen molar-refractivity contribution in [2.75, 3.05) is 25.1 Å². The smallest absolute Gasteiger partial charge is 0.339 e. The van der Waals surface area contributed by atoms with E-state index >= 15 is 0 Å². The van der Waals surface area contributed by atoms with Crippen LogP contribution < -0.4 is 4.90 Å². The Bertz CT molecular complexity index is 480. The van der Waals surface area contributed by atoms with Crippen LogP contribution in [0.15, 0.2) is 23.1 Å². The minimum absolute atomic E-state index is 0.273. The lowest BCUT2D eigenvalue weighted by Crippen LogP contribution is -2.43. The lowest BCUT2D eigenvalue weighted by molar-refractivity contribution is 0.0601. The third kappa shape index (κ3) is 3.33. The van der Waals surface area contributed by atoms with Crippen LogP contribution in [0.3, 0.4) is 0 Å². The molecule has 1 fully saturated rings. The highest BCUT2D eigenvalue weighted by Crippen LogP contribution is 2.30. The van der Waals surface area contributed by atoms with E-state index in [9.17, 15) is 4.79 Å². The van der Waals surface area contributed by atoms with Crippen molar-refractivity contribution in [3.63, 3.8) is 0 Å². The van der Waals surface area contributed by atoms with E-state index in [2.05, 4.69) is 30.6 Å². The zero-order valence-electron chi connectivity index (χ0n) is 11.8. The Hall–Kier alpha value is -0.943. The predicted molar refractivity (Wildman–Crippen MR) is 84.3 cm³/mol. The predicted octanol–water partition coefficient (Wildman–Crippen LogP) is 3.29. The van der Waals surface area contributed by atoms with Crippen molar-refractivity contribution in [3.8, 4) is 0 Å². The van der Waals surface area contributed by atoms with Gasteiger partial charge >= 0.3 is 5.97 Å². The van der Waals surface area contributed by atoms with Crippen molar-refractivity contribution in [2.45, 2.75) is 30.1 Å². The van der Waals surface area contributed by atoms with Crippen LogP contribution >= 0.6 is 12.6 Å². The van der Waals surface area contributed by atoms with Crippen molar-refractivity contribution in [1.82, 2.24) is 0 Å². The van der Waals surface area contributed by atoms with Gasteiger partial charge in [-0.15, -0.1) is 12.6 Å². The van der Waals surface area contributed by atoms with Gasteiger partial charge in [-0.1, -0.05) is 13.1 Å². The number of methoxy groups -OCH3 is 1. The number of thiol groups is 1. The van der Waals surface area contributed by atoms with Crippen LogP contribution in [-0.2, 0) is 4.74 Å². The van der Waals surface area contributed by atoms with Crippen LogP contribution in [-0.4, -0.2) is 34.2 Å². The number of anilines is 1. The van der Waals surface area contributed by atoms with Crippen molar-refractivity contribution in [2.24, 2.45) is 0 Å². The van der Waals surface area contributed by atoms with Crippen LogP contribution in [0.2, 0.25) is 25.2 Å². The van der Waals surface area contributed by atoms with Crippen molar-refractivity contribution in [1.29, 1.82) is 0 Å². The molecule has 0 saturated carbocycles. The molecule has 1 aromatic carbocycles. The third-order valence-corrected chi connectivity index (χ3v) is 7.28. The number of carbonyl (C=O) groups excluding carboxylic acids is 1. The minimum Gasteiger partial charge on any atom is -0.465 e. The Balaban J connectivity index is 2.28. The first kappa shape index (κ1) is 14.5. The van der Waals surface area contributed by atoms with Crippen LogP contribution in [0.25, 0.3) is 0 Å². The number of esters is 1. The molecule has 1 aliphatic rings.